The highest BCUT2D eigenvalue weighted by Gasteiger charge is 2.30. The van der Waals surface area contributed by atoms with Crippen LogP contribution in [0.4, 0.5) is 13.2 Å². The molecule has 1 fully saturated rings. The monoisotopic (exact) mass is 297 g/mol. The summed E-state index contributed by atoms with van der Waals surface area (Å²) in [5.41, 5.74) is 4.09. The van der Waals surface area contributed by atoms with E-state index in [2.05, 4.69) is 4.74 Å². The second-order valence-corrected chi connectivity index (χ2v) is 4.58. The zero-order valence-electron chi connectivity index (χ0n) is 10.6. The Balaban J connectivity index is 0.000000378. The number of hydrogen-bond donors (Lipinski definition) is 2. The number of thioether (sulfide) groups is 1. The van der Waals surface area contributed by atoms with Crippen molar-refractivity contribution in [1.29, 1.82) is 0 Å². The largest absolute Gasteiger partial charge is 0.497 e. The molecular weight excluding hydrogens is 279 g/mol. The second kappa shape index (κ2) is 9.94. The Morgan fingerprint density at radius 3 is 2.21 bits per heavy atom. The molecule has 1 aromatic rings. The molecule has 0 atom stereocenters. The topological polar surface area (TPSA) is 55.5 Å². The summed E-state index contributed by atoms with van der Waals surface area (Å²) < 4.78 is 40.8. The summed E-state index contributed by atoms with van der Waals surface area (Å²) in [5, 5.41) is 7.75. The Bertz CT molecular complexity index is 341. The van der Waals surface area contributed by atoms with Gasteiger partial charge in [-0.2, -0.15) is 24.9 Å². The average Bonchev–Trinajstić information content (AvgIpc) is 3.26. The van der Waals surface area contributed by atoms with E-state index in [0.717, 1.165) is 12.1 Å². The lowest BCUT2D eigenvalue weighted by Gasteiger charge is -2.07. The van der Waals surface area contributed by atoms with Crippen molar-refractivity contribution in [1.82, 2.24) is 0 Å². The fraction of sp³-hybridized carbons (Fsp3) is 0.500. The summed E-state index contributed by atoms with van der Waals surface area (Å²) in [6.07, 6.45) is -4.30. The number of rotatable bonds is 2. The summed E-state index contributed by atoms with van der Waals surface area (Å²) in [6, 6.07) is 4.74. The predicted molar refractivity (Wildman–Crippen MR) is 71.5 cm³/mol. The van der Waals surface area contributed by atoms with E-state index in [0.29, 0.717) is 6.54 Å². The van der Waals surface area contributed by atoms with Crippen LogP contribution >= 0.6 is 11.8 Å². The number of benzene rings is 1. The molecule has 0 radical (unpaired) electrons. The van der Waals surface area contributed by atoms with Crippen molar-refractivity contribution >= 4 is 11.8 Å². The van der Waals surface area contributed by atoms with Crippen molar-refractivity contribution in [2.75, 3.05) is 31.8 Å². The van der Waals surface area contributed by atoms with Gasteiger partial charge in [-0.25, -0.2) is 0 Å². The molecular formula is C12H18F3NO2S. The summed E-state index contributed by atoms with van der Waals surface area (Å²) >= 11 is 2.00. The van der Waals surface area contributed by atoms with Gasteiger partial charge in [0.2, 0.25) is 0 Å². The van der Waals surface area contributed by atoms with E-state index in [-0.39, 0.29) is 12.4 Å². The quantitative estimate of drug-likeness (QED) is 0.823. The smallest absolute Gasteiger partial charge is 0.416 e. The fourth-order valence-electron chi connectivity index (χ4n) is 0.799. The molecule has 0 spiro atoms. The number of methoxy groups -OCH3 is 1. The van der Waals surface area contributed by atoms with Gasteiger partial charge in [0, 0.05) is 18.1 Å². The van der Waals surface area contributed by atoms with Crippen LogP contribution < -0.4 is 10.5 Å². The molecule has 0 aromatic heterocycles. The highest BCUT2D eigenvalue weighted by molar-refractivity contribution is 8.06. The van der Waals surface area contributed by atoms with Gasteiger partial charge in [0.1, 0.15) is 5.75 Å². The average molecular weight is 297 g/mol. The molecule has 0 bridgehead atoms. The molecule has 110 valence electrons. The first-order valence-corrected chi connectivity index (χ1v) is 6.71. The van der Waals surface area contributed by atoms with Crippen LogP contribution in [0, 0.1) is 0 Å². The van der Waals surface area contributed by atoms with Crippen molar-refractivity contribution in [3.05, 3.63) is 29.8 Å². The van der Waals surface area contributed by atoms with Gasteiger partial charge < -0.3 is 15.6 Å². The normalized spacial score (nSPS) is 12.5. The maximum Gasteiger partial charge on any atom is 0.416 e. The summed E-state index contributed by atoms with van der Waals surface area (Å²) in [6.45, 7) is 0.472. The first-order valence-electron chi connectivity index (χ1n) is 5.55. The predicted octanol–water partition coefficient (Wildman–Crippen LogP) is 2.38. The number of alkyl halides is 3. The molecule has 2 rings (SSSR count). The number of aliphatic hydroxyl groups excluding tert-OH is 1. The molecule has 1 heterocycles. The number of hydrogen-bond acceptors (Lipinski definition) is 4. The van der Waals surface area contributed by atoms with Crippen molar-refractivity contribution < 1.29 is 23.0 Å². The van der Waals surface area contributed by atoms with E-state index in [4.69, 9.17) is 10.8 Å². The lowest BCUT2D eigenvalue weighted by molar-refractivity contribution is -0.137. The lowest BCUT2D eigenvalue weighted by atomic mass is 10.2. The SMILES string of the molecule is C1CS1.COc1cccc(C(F)(F)F)c1.NCCO. The zero-order valence-corrected chi connectivity index (χ0v) is 11.4. The molecule has 3 N–H and O–H groups in total. The van der Waals surface area contributed by atoms with Gasteiger partial charge in [0.15, 0.2) is 0 Å². The Morgan fingerprint density at radius 2 is 1.89 bits per heavy atom. The van der Waals surface area contributed by atoms with Crippen molar-refractivity contribution in [3.63, 3.8) is 0 Å². The van der Waals surface area contributed by atoms with Crippen LogP contribution in [0.1, 0.15) is 5.56 Å². The molecule has 1 aliphatic heterocycles. The second-order valence-electron chi connectivity index (χ2n) is 3.35. The maximum atomic E-state index is 12.0. The number of ether oxygens (including phenoxy) is 1. The highest BCUT2D eigenvalue weighted by atomic mass is 32.2. The number of halogens is 3. The maximum absolute atomic E-state index is 12.0. The standard InChI is InChI=1S/C8H7F3O.C2H7NO.C2H4S/c1-12-7-4-2-3-6(5-7)8(9,10)11;3-1-2-4;1-2-3-1/h2-5H,1H3;4H,1-3H2;1-2H2. The highest BCUT2D eigenvalue weighted by Crippen LogP contribution is 2.30. The van der Waals surface area contributed by atoms with E-state index in [1.54, 1.807) is 0 Å². The van der Waals surface area contributed by atoms with Crippen LogP contribution in [-0.2, 0) is 6.18 Å². The summed E-state index contributed by atoms with van der Waals surface area (Å²) in [5.74, 6) is 3.05. The van der Waals surface area contributed by atoms with Crippen LogP contribution in [0.15, 0.2) is 24.3 Å². The van der Waals surface area contributed by atoms with Crippen molar-refractivity contribution in [2.24, 2.45) is 5.73 Å². The van der Waals surface area contributed by atoms with Gasteiger partial charge in [-0.3, -0.25) is 0 Å². The summed E-state index contributed by atoms with van der Waals surface area (Å²) in [7, 11) is 1.33. The van der Waals surface area contributed by atoms with Crippen LogP contribution in [0.2, 0.25) is 0 Å². The van der Waals surface area contributed by atoms with Crippen LogP contribution in [0.25, 0.3) is 0 Å². The van der Waals surface area contributed by atoms with Crippen LogP contribution in [-0.4, -0.2) is 36.9 Å². The van der Waals surface area contributed by atoms with Gasteiger partial charge in [0.05, 0.1) is 19.3 Å². The Labute approximate surface area is 114 Å². The van der Waals surface area contributed by atoms with Crippen LogP contribution in [0.3, 0.4) is 0 Å². The minimum Gasteiger partial charge on any atom is -0.497 e. The Morgan fingerprint density at radius 1 is 1.37 bits per heavy atom. The number of nitrogens with two attached hydrogens (primary N) is 1. The molecule has 3 nitrogen and oxygen atoms in total. The van der Waals surface area contributed by atoms with E-state index in [9.17, 15) is 13.2 Å². The van der Waals surface area contributed by atoms with Gasteiger partial charge in [-0.1, -0.05) is 6.07 Å². The van der Waals surface area contributed by atoms with Gasteiger partial charge in [-0.15, -0.1) is 0 Å². The van der Waals surface area contributed by atoms with Gasteiger partial charge in [-0.05, 0) is 18.2 Å². The Kier molecular flexibility index (Phi) is 9.46. The lowest BCUT2D eigenvalue weighted by Crippen LogP contribution is -2.04. The van der Waals surface area contributed by atoms with E-state index in [1.807, 2.05) is 11.8 Å². The van der Waals surface area contributed by atoms with E-state index in [1.165, 1.54) is 30.7 Å². The minimum atomic E-state index is -4.30. The fourth-order valence-corrected chi connectivity index (χ4v) is 0.799. The zero-order chi connectivity index (χ0) is 14.7. The van der Waals surface area contributed by atoms with Crippen molar-refractivity contribution in [3.8, 4) is 5.75 Å². The van der Waals surface area contributed by atoms with Crippen LogP contribution in [0.5, 0.6) is 5.75 Å². The Hall–Kier alpha value is -0.920. The van der Waals surface area contributed by atoms with E-state index < -0.39 is 11.7 Å². The third kappa shape index (κ3) is 10.7. The molecule has 1 saturated heterocycles. The summed E-state index contributed by atoms with van der Waals surface area (Å²) in [4.78, 5) is 0. The van der Waals surface area contributed by atoms with Gasteiger partial charge >= 0.3 is 6.18 Å². The van der Waals surface area contributed by atoms with Crippen molar-refractivity contribution in [2.45, 2.75) is 6.18 Å². The molecule has 7 heteroatoms. The molecule has 1 aliphatic rings. The molecule has 0 saturated carbocycles. The third-order valence-corrected chi connectivity index (χ3v) is 2.14. The number of aliphatic hydroxyl groups is 1. The molecule has 0 unspecified atom stereocenters. The third-order valence-electron chi connectivity index (χ3n) is 1.73. The van der Waals surface area contributed by atoms with E-state index >= 15 is 0 Å². The first-order chi connectivity index (χ1) is 8.95. The molecule has 0 amide bonds. The minimum absolute atomic E-state index is 0.0972. The molecule has 1 aromatic carbocycles. The molecule has 0 aliphatic carbocycles. The molecule has 19 heavy (non-hydrogen) atoms. The van der Waals surface area contributed by atoms with Gasteiger partial charge in [0.25, 0.3) is 0 Å². The first kappa shape index (κ1) is 18.1.